The molecular formula is C18H16BrN3O4S. The minimum Gasteiger partial charge on any atom is -0.455 e. The molecule has 0 fully saturated rings. The third kappa shape index (κ3) is 4.09. The molecule has 0 saturated heterocycles. The number of esters is 1. The van der Waals surface area contributed by atoms with Crippen molar-refractivity contribution < 1.29 is 14.3 Å². The molecule has 0 atom stereocenters. The predicted molar refractivity (Wildman–Crippen MR) is 106 cm³/mol. The van der Waals surface area contributed by atoms with E-state index in [0.29, 0.717) is 21.9 Å². The van der Waals surface area contributed by atoms with Gasteiger partial charge in [0.1, 0.15) is 17.3 Å². The number of hydrogen-bond donors (Lipinski definition) is 1. The van der Waals surface area contributed by atoms with E-state index < -0.39 is 5.97 Å². The van der Waals surface area contributed by atoms with Gasteiger partial charge in [0.05, 0.1) is 11.3 Å². The Morgan fingerprint density at radius 2 is 2.07 bits per heavy atom. The Bertz CT molecular complexity index is 1120. The lowest BCUT2D eigenvalue weighted by atomic mass is 10.1. The maximum absolute atomic E-state index is 12.6. The number of fused-ring (bicyclic) bond motifs is 1. The second-order valence-electron chi connectivity index (χ2n) is 5.91. The molecule has 9 heteroatoms. The van der Waals surface area contributed by atoms with Crippen LogP contribution in [-0.2, 0) is 16.1 Å². The zero-order valence-corrected chi connectivity index (χ0v) is 17.2. The first-order valence-corrected chi connectivity index (χ1v) is 9.59. The normalized spacial score (nSPS) is 10.8. The van der Waals surface area contributed by atoms with Crippen molar-refractivity contribution in [1.29, 1.82) is 0 Å². The number of carbonyl (C=O) groups is 2. The molecule has 0 radical (unpaired) electrons. The van der Waals surface area contributed by atoms with Crippen LogP contribution in [0.2, 0.25) is 0 Å². The Morgan fingerprint density at radius 1 is 1.33 bits per heavy atom. The molecule has 7 nitrogen and oxygen atoms in total. The Morgan fingerprint density at radius 3 is 2.78 bits per heavy atom. The number of ether oxygens (including phenoxy) is 1. The molecule has 3 aromatic heterocycles. The highest BCUT2D eigenvalue weighted by Crippen LogP contribution is 2.33. The standard InChI is InChI=1S/C18H16BrN3O4S/c1-9-10(2)27-17(20-11(3)23)16(9)18(25)26-8-13-6-15(24)22-7-12(19)4-5-14(22)21-13/h4-7H,8H2,1-3H3,(H,20,23). The van der Waals surface area contributed by atoms with Crippen LogP contribution in [0.1, 0.15) is 33.4 Å². The summed E-state index contributed by atoms with van der Waals surface area (Å²) in [6, 6.07) is 4.79. The van der Waals surface area contributed by atoms with Crippen LogP contribution in [-0.4, -0.2) is 21.3 Å². The van der Waals surface area contributed by atoms with Crippen LogP contribution >= 0.6 is 27.3 Å². The summed E-state index contributed by atoms with van der Waals surface area (Å²) in [6.07, 6.45) is 1.62. The summed E-state index contributed by atoms with van der Waals surface area (Å²) in [7, 11) is 0. The molecule has 0 aliphatic rings. The molecule has 1 amide bonds. The summed E-state index contributed by atoms with van der Waals surface area (Å²) < 4.78 is 7.51. The van der Waals surface area contributed by atoms with Gasteiger partial charge < -0.3 is 10.1 Å². The highest BCUT2D eigenvalue weighted by atomic mass is 79.9. The number of carbonyl (C=O) groups excluding carboxylic acids is 2. The largest absolute Gasteiger partial charge is 0.455 e. The van der Waals surface area contributed by atoms with Gasteiger partial charge in [-0.2, -0.15) is 0 Å². The number of amides is 1. The third-order valence-electron chi connectivity index (χ3n) is 3.91. The van der Waals surface area contributed by atoms with E-state index in [-0.39, 0.29) is 18.1 Å². The van der Waals surface area contributed by atoms with Crippen LogP contribution in [0.15, 0.2) is 33.7 Å². The molecule has 0 spiro atoms. The fourth-order valence-corrected chi connectivity index (χ4v) is 3.96. The van der Waals surface area contributed by atoms with Gasteiger partial charge in [-0.05, 0) is 47.5 Å². The lowest BCUT2D eigenvalue weighted by Gasteiger charge is -2.08. The molecule has 0 aliphatic carbocycles. The summed E-state index contributed by atoms with van der Waals surface area (Å²) in [5.41, 5.74) is 1.62. The summed E-state index contributed by atoms with van der Waals surface area (Å²) in [4.78, 5) is 41.4. The average Bonchev–Trinajstić information content (AvgIpc) is 2.86. The lowest BCUT2D eigenvalue weighted by Crippen LogP contribution is -2.17. The fourth-order valence-electron chi connectivity index (χ4n) is 2.53. The van der Waals surface area contributed by atoms with E-state index in [4.69, 9.17) is 4.74 Å². The van der Waals surface area contributed by atoms with Crippen molar-refractivity contribution in [3.63, 3.8) is 0 Å². The van der Waals surface area contributed by atoms with Crippen LogP contribution in [0.5, 0.6) is 0 Å². The summed E-state index contributed by atoms with van der Waals surface area (Å²) in [5, 5.41) is 3.12. The van der Waals surface area contributed by atoms with E-state index in [1.54, 1.807) is 25.3 Å². The van der Waals surface area contributed by atoms with Crippen LogP contribution in [0.25, 0.3) is 5.65 Å². The number of aryl methyl sites for hydroxylation is 1. The molecule has 27 heavy (non-hydrogen) atoms. The van der Waals surface area contributed by atoms with Gasteiger partial charge in [0.25, 0.3) is 5.56 Å². The zero-order chi connectivity index (χ0) is 19.7. The number of anilines is 1. The first kappa shape index (κ1) is 19.2. The van der Waals surface area contributed by atoms with Crippen LogP contribution in [0, 0.1) is 13.8 Å². The number of rotatable bonds is 4. The molecule has 0 aliphatic heterocycles. The molecule has 0 aromatic carbocycles. The van der Waals surface area contributed by atoms with Gasteiger partial charge in [-0.25, -0.2) is 9.78 Å². The van der Waals surface area contributed by atoms with E-state index in [1.807, 2.05) is 6.92 Å². The second-order valence-corrected chi connectivity index (χ2v) is 8.05. The van der Waals surface area contributed by atoms with Gasteiger partial charge in [-0.1, -0.05) is 0 Å². The van der Waals surface area contributed by atoms with Gasteiger partial charge in [0.15, 0.2) is 0 Å². The van der Waals surface area contributed by atoms with E-state index in [1.165, 1.54) is 28.7 Å². The topological polar surface area (TPSA) is 89.8 Å². The highest BCUT2D eigenvalue weighted by Gasteiger charge is 2.22. The van der Waals surface area contributed by atoms with Crippen molar-refractivity contribution in [2.24, 2.45) is 0 Å². The van der Waals surface area contributed by atoms with Gasteiger partial charge in [0, 0.05) is 28.5 Å². The van der Waals surface area contributed by atoms with Crippen molar-refractivity contribution >= 4 is 49.8 Å². The van der Waals surface area contributed by atoms with E-state index >= 15 is 0 Å². The fraction of sp³-hybridized carbons (Fsp3) is 0.222. The van der Waals surface area contributed by atoms with Crippen molar-refractivity contribution in [3.8, 4) is 0 Å². The Labute approximate surface area is 167 Å². The van der Waals surface area contributed by atoms with Gasteiger partial charge >= 0.3 is 5.97 Å². The molecular weight excluding hydrogens is 434 g/mol. The molecule has 3 rings (SSSR count). The number of aromatic nitrogens is 2. The van der Waals surface area contributed by atoms with E-state index in [2.05, 4.69) is 26.2 Å². The monoisotopic (exact) mass is 449 g/mol. The lowest BCUT2D eigenvalue weighted by molar-refractivity contribution is -0.114. The Balaban J connectivity index is 1.84. The molecule has 3 heterocycles. The van der Waals surface area contributed by atoms with Crippen LogP contribution < -0.4 is 10.9 Å². The molecule has 1 N–H and O–H groups in total. The number of pyridine rings is 1. The Hall–Kier alpha value is -2.52. The number of hydrogen-bond acceptors (Lipinski definition) is 6. The van der Waals surface area contributed by atoms with E-state index in [0.717, 1.165) is 14.9 Å². The van der Waals surface area contributed by atoms with Crippen molar-refractivity contribution in [3.05, 3.63) is 60.9 Å². The van der Waals surface area contributed by atoms with Crippen molar-refractivity contribution in [2.75, 3.05) is 5.32 Å². The van der Waals surface area contributed by atoms with Gasteiger partial charge in [-0.3, -0.25) is 14.0 Å². The predicted octanol–water partition coefficient (Wildman–Crippen LogP) is 3.45. The maximum Gasteiger partial charge on any atom is 0.341 e. The first-order valence-electron chi connectivity index (χ1n) is 7.99. The zero-order valence-electron chi connectivity index (χ0n) is 14.8. The summed E-state index contributed by atoms with van der Waals surface area (Å²) in [6.45, 7) is 4.90. The van der Waals surface area contributed by atoms with Crippen molar-refractivity contribution in [1.82, 2.24) is 9.38 Å². The smallest absolute Gasteiger partial charge is 0.341 e. The molecule has 140 valence electrons. The number of halogens is 1. The SMILES string of the molecule is CC(=O)Nc1sc(C)c(C)c1C(=O)OCc1cc(=O)n2cc(Br)ccc2n1. The van der Waals surface area contributed by atoms with Crippen LogP contribution in [0.4, 0.5) is 5.00 Å². The van der Waals surface area contributed by atoms with Crippen molar-refractivity contribution in [2.45, 2.75) is 27.4 Å². The molecule has 0 bridgehead atoms. The summed E-state index contributed by atoms with van der Waals surface area (Å²) >= 11 is 4.63. The number of nitrogens with zero attached hydrogens (tertiary/aromatic N) is 2. The average molecular weight is 450 g/mol. The highest BCUT2D eigenvalue weighted by molar-refractivity contribution is 9.10. The summed E-state index contributed by atoms with van der Waals surface area (Å²) in [5.74, 6) is -0.834. The quantitative estimate of drug-likeness (QED) is 0.615. The number of thiophene rings is 1. The van der Waals surface area contributed by atoms with Crippen LogP contribution in [0.3, 0.4) is 0 Å². The van der Waals surface area contributed by atoms with E-state index in [9.17, 15) is 14.4 Å². The maximum atomic E-state index is 12.6. The second kappa shape index (κ2) is 7.61. The molecule has 0 unspecified atom stereocenters. The number of nitrogens with one attached hydrogen (secondary N) is 1. The third-order valence-corrected chi connectivity index (χ3v) is 5.50. The molecule has 0 saturated carbocycles. The molecule has 3 aromatic rings. The minimum atomic E-state index is -0.571. The van der Waals surface area contributed by atoms with Gasteiger partial charge in [-0.15, -0.1) is 11.3 Å². The minimum absolute atomic E-state index is 0.144. The first-order chi connectivity index (χ1) is 12.8. The van der Waals surface area contributed by atoms with Gasteiger partial charge in [0.2, 0.25) is 5.91 Å². The Kier molecular flexibility index (Phi) is 5.43.